The van der Waals surface area contributed by atoms with Gasteiger partial charge < -0.3 is 25.0 Å². The summed E-state index contributed by atoms with van der Waals surface area (Å²) < 4.78 is 5.37. The summed E-state index contributed by atoms with van der Waals surface area (Å²) in [5, 5.41) is 12.2. The van der Waals surface area contributed by atoms with E-state index < -0.39 is 12.0 Å². The minimum atomic E-state index is -1.08. The quantitative estimate of drug-likeness (QED) is 0.603. The van der Waals surface area contributed by atoms with Crippen molar-refractivity contribution in [3.05, 3.63) is 33.8 Å². The number of hydrogen-bond donors (Lipinski definition) is 2. The first kappa shape index (κ1) is 24.4. The molecule has 8 nitrogen and oxygen atoms in total. The van der Waals surface area contributed by atoms with Gasteiger partial charge >= 0.3 is 5.97 Å². The SMILES string of the molecule is CC(NC(=O)C1CCN(C(=O)/C=C/c2ccc(N3CCOCC3)c(Cl)c2Cl)CC1)C(=O)O. The molecule has 2 fully saturated rings. The molecule has 0 aliphatic carbocycles. The number of morpholine rings is 1. The van der Waals surface area contributed by atoms with E-state index in [1.807, 2.05) is 12.1 Å². The van der Waals surface area contributed by atoms with Gasteiger partial charge in [0.05, 0.1) is 28.9 Å². The molecule has 2 heterocycles. The van der Waals surface area contributed by atoms with Gasteiger partial charge in [-0.05, 0) is 37.5 Å². The van der Waals surface area contributed by atoms with Crippen LogP contribution in [0.5, 0.6) is 0 Å². The number of carbonyl (C=O) groups excluding carboxylic acids is 2. The Morgan fingerprint density at radius 3 is 2.41 bits per heavy atom. The summed E-state index contributed by atoms with van der Waals surface area (Å²) in [4.78, 5) is 39.4. The van der Waals surface area contributed by atoms with Crippen molar-refractivity contribution in [3.8, 4) is 0 Å². The second kappa shape index (κ2) is 11.0. The second-order valence-electron chi connectivity index (χ2n) is 7.90. The van der Waals surface area contributed by atoms with Crippen LogP contribution in [0, 0.1) is 5.92 Å². The van der Waals surface area contributed by atoms with Crippen molar-refractivity contribution in [2.24, 2.45) is 5.92 Å². The Labute approximate surface area is 197 Å². The lowest BCUT2D eigenvalue weighted by Gasteiger charge is -2.31. The zero-order valence-corrected chi connectivity index (χ0v) is 19.4. The third kappa shape index (κ3) is 5.94. The number of hydrogen-bond acceptors (Lipinski definition) is 5. The van der Waals surface area contributed by atoms with Crippen LogP contribution in [0.1, 0.15) is 25.3 Å². The molecule has 2 saturated heterocycles. The van der Waals surface area contributed by atoms with Crippen molar-refractivity contribution >= 4 is 52.7 Å². The fourth-order valence-electron chi connectivity index (χ4n) is 3.75. The van der Waals surface area contributed by atoms with E-state index in [0.29, 0.717) is 54.8 Å². The number of nitrogens with zero attached hydrogens (tertiary/aromatic N) is 2. The minimum absolute atomic E-state index is 0.174. The molecule has 1 unspecified atom stereocenters. The van der Waals surface area contributed by atoms with E-state index in [1.54, 1.807) is 11.0 Å². The Hall–Kier alpha value is -2.29. The van der Waals surface area contributed by atoms with E-state index in [-0.39, 0.29) is 17.7 Å². The van der Waals surface area contributed by atoms with Gasteiger partial charge in [0.15, 0.2) is 0 Å². The first-order valence-electron chi connectivity index (χ1n) is 10.6. The third-order valence-corrected chi connectivity index (χ3v) is 6.64. The van der Waals surface area contributed by atoms with Crippen molar-refractivity contribution in [1.82, 2.24) is 10.2 Å². The number of carboxylic acid groups (broad SMARTS) is 1. The van der Waals surface area contributed by atoms with Gasteiger partial charge in [-0.1, -0.05) is 29.3 Å². The van der Waals surface area contributed by atoms with Crippen LogP contribution in [-0.2, 0) is 19.1 Å². The molecule has 2 amide bonds. The van der Waals surface area contributed by atoms with E-state index >= 15 is 0 Å². The molecule has 174 valence electrons. The summed E-state index contributed by atoms with van der Waals surface area (Å²) in [5.74, 6) is -1.84. The molecule has 3 rings (SSSR count). The Morgan fingerprint density at radius 1 is 1.12 bits per heavy atom. The molecule has 2 N–H and O–H groups in total. The predicted octanol–water partition coefficient (Wildman–Crippen LogP) is 2.67. The highest BCUT2D eigenvalue weighted by Gasteiger charge is 2.28. The number of nitrogens with one attached hydrogen (secondary N) is 1. The van der Waals surface area contributed by atoms with E-state index in [4.69, 9.17) is 33.0 Å². The fourth-order valence-corrected chi connectivity index (χ4v) is 4.27. The summed E-state index contributed by atoms with van der Waals surface area (Å²) in [5.41, 5.74) is 1.50. The van der Waals surface area contributed by atoms with E-state index in [0.717, 1.165) is 18.8 Å². The molecule has 10 heteroatoms. The molecular formula is C22H27Cl2N3O5. The number of anilines is 1. The van der Waals surface area contributed by atoms with Gasteiger partial charge in [0.2, 0.25) is 11.8 Å². The number of likely N-dealkylation sites (tertiary alicyclic amines) is 1. The maximum absolute atomic E-state index is 12.6. The smallest absolute Gasteiger partial charge is 0.325 e. The zero-order valence-electron chi connectivity index (χ0n) is 17.9. The molecule has 0 bridgehead atoms. The molecule has 1 aromatic rings. The molecule has 2 aliphatic rings. The monoisotopic (exact) mass is 483 g/mol. The van der Waals surface area contributed by atoms with Crippen LogP contribution in [0.15, 0.2) is 18.2 Å². The maximum atomic E-state index is 12.6. The van der Waals surface area contributed by atoms with Crippen LogP contribution >= 0.6 is 23.2 Å². The van der Waals surface area contributed by atoms with Gasteiger partial charge in [-0.2, -0.15) is 0 Å². The summed E-state index contributed by atoms with van der Waals surface area (Å²) in [6.45, 7) is 5.04. The van der Waals surface area contributed by atoms with E-state index in [2.05, 4.69) is 10.2 Å². The number of halogens is 2. The van der Waals surface area contributed by atoms with Crippen molar-refractivity contribution in [2.45, 2.75) is 25.8 Å². The standard InChI is InChI=1S/C22H27Cl2N3O5/c1-14(22(30)31)25-21(29)16-6-8-27(9-7-16)18(28)5-3-15-2-4-17(20(24)19(15)23)26-10-12-32-13-11-26/h2-5,14,16H,6-13H2,1H3,(H,25,29)(H,30,31)/b5-3+. The number of rotatable bonds is 6. The first-order chi connectivity index (χ1) is 15.3. The Morgan fingerprint density at radius 2 is 1.78 bits per heavy atom. The Balaban J connectivity index is 1.56. The number of carboxylic acids is 1. The normalized spacial score (nSPS) is 18.6. The Kier molecular flexibility index (Phi) is 8.39. The van der Waals surface area contributed by atoms with Crippen LogP contribution in [0.25, 0.3) is 6.08 Å². The van der Waals surface area contributed by atoms with Gasteiger partial charge in [0, 0.05) is 38.2 Å². The molecule has 32 heavy (non-hydrogen) atoms. The highest BCUT2D eigenvalue weighted by molar-refractivity contribution is 6.44. The number of piperidine rings is 1. The average Bonchev–Trinajstić information content (AvgIpc) is 2.80. The van der Waals surface area contributed by atoms with Gasteiger partial charge in [-0.3, -0.25) is 14.4 Å². The first-order valence-corrected chi connectivity index (χ1v) is 11.3. The number of amides is 2. The largest absolute Gasteiger partial charge is 0.480 e. The average molecular weight is 484 g/mol. The van der Waals surface area contributed by atoms with E-state index in [9.17, 15) is 14.4 Å². The molecule has 1 atom stereocenters. The minimum Gasteiger partial charge on any atom is -0.480 e. The van der Waals surface area contributed by atoms with Crippen molar-refractivity contribution in [2.75, 3.05) is 44.3 Å². The van der Waals surface area contributed by atoms with Crippen LogP contribution in [-0.4, -0.2) is 73.2 Å². The van der Waals surface area contributed by atoms with Gasteiger partial charge in [0.25, 0.3) is 0 Å². The molecule has 0 aromatic heterocycles. The molecule has 0 spiro atoms. The lowest BCUT2D eigenvalue weighted by molar-refractivity contribution is -0.142. The fraction of sp³-hybridized carbons (Fsp3) is 0.500. The van der Waals surface area contributed by atoms with Gasteiger partial charge in [-0.25, -0.2) is 0 Å². The summed E-state index contributed by atoms with van der Waals surface area (Å²) in [6.07, 6.45) is 4.07. The van der Waals surface area contributed by atoms with E-state index in [1.165, 1.54) is 13.0 Å². The lowest BCUT2D eigenvalue weighted by atomic mass is 9.95. The highest BCUT2D eigenvalue weighted by Crippen LogP contribution is 2.36. The second-order valence-corrected chi connectivity index (χ2v) is 8.66. The molecule has 1 aromatic carbocycles. The highest BCUT2D eigenvalue weighted by atomic mass is 35.5. The summed E-state index contributed by atoms with van der Waals surface area (Å²) >= 11 is 12.9. The topological polar surface area (TPSA) is 99.2 Å². The molecule has 2 aliphatic heterocycles. The van der Waals surface area contributed by atoms with Crippen molar-refractivity contribution < 1.29 is 24.2 Å². The van der Waals surface area contributed by atoms with Gasteiger partial charge in [-0.15, -0.1) is 0 Å². The number of carbonyl (C=O) groups is 3. The molecule has 0 saturated carbocycles. The van der Waals surface area contributed by atoms with Crippen LogP contribution in [0.2, 0.25) is 10.0 Å². The number of benzene rings is 1. The van der Waals surface area contributed by atoms with Gasteiger partial charge in [0.1, 0.15) is 6.04 Å². The van der Waals surface area contributed by atoms with Crippen molar-refractivity contribution in [1.29, 1.82) is 0 Å². The number of aliphatic carboxylic acids is 1. The lowest BCUT2D eigenvalue weighted by Crippen LogP contribution is -2.46. The summed E-state index contributed by atoms with van der Waals surface area (Å²) in [6, 6.07) is 2.80. The van der Waals surface area contributed by atoms with Crippen LogP contribution in [0.3, 0.4) is 0 Å². The van der Waals surface area contributed by atoms with Crippen LogP contribution < -0.4 is 10.2 Å². The molecule has 0 radical (unpaired) electrons. The maximum Gasteiger partial charge on any atom is 0.325 e. The zero-order chi connectivity index (χ0) is 23.3. The number of ether oxygens (including phenoxy) is 1. The predicted molar refractivity (Wildman–Crippen MR) is 123 cm³/mol. The van der Waals surface area contributed by atoms with Crippen molar-refractivity contribution in [3.63, 3.8) is 0 Å². The third-order valence-electron chi connectivity index (χ3n) is 5.76. The summed E-state index contributed by atoms with van der Waals surface area (Å²) in [7, 11) is 0. The Bertz CT molecular complexity index is 894. The van der Waals surface area contributed by atoms with Crippen LogP contribution in [0.4, 0.5) is 5.69 Å². The molecular weight excluding hydrogens is 457 g/mol.